The van der Waals surface area contributed by atoms with E-state index < -0.39 is 0 Å². The molecule has 40 valence electrons. The fourth-order valence-electron chi connectivity index (χ4n) is 0.264. The minimum absolute atomic E-state index is 0. The van der Waals surface area contributed by atoms with Crippen LogP contribution in [0.5, 0.6) is 0 Å². The molecule has 7 heavy (non-hydrogen) atoms. The molecule has 0 amide bonds. The fourth-order valence-corrected chi connectivity index (χ4v) is 1.20. The normalized spacial score (nSPS) is 7.57. The lowest BCUT2D eigenvalue weighted by Crippen LogP contribution is -3.00. The van der Waals surface area contributed by atoms with Gasteiger partial charge in [0.15, 0.2) is 4.90 Å². The van der Waals surface area contributed by atoms with Crippen molar-refractivity contribution < 1.29 is 12.4 Å². The highest BCUT2D eigenvalue weighted by Gasteiger charge is 1.83. The number of hydrogen-bond donors (Lipinski definition) is 0. The average Bonchev–Trinajstić information content (AvgIpc) is 1.86. The van der Waals surface area contributed by atoms with E-state index in [0.717, 1.165) is 0 Å². The molecule has 1 aromatic rings. The Morgan fingerprint density at radius 3 is 2.43 bits per heavy atom. The Morgan fingerprint density at radius 1 is 1.57 bits per heavy atom. The van der Waals surface area contributed by atoms with Gasteiger partial charge in [0.1, 0.15) is 0 Å². The van der Waals surface area contributed by atoms with Gasteiger partial charge in [-0.1, -0.05) is 0 Å². The summed E-state index contributed by atoms with van der Waals surface area (Å²) in [6.07, 6.45) is 0. The standard InChI is InChI=1S/C4H4S2.ClH/c5-4-1-2-6-3-4;/h1-3,5H;1H. The third kappa shape index (κ3) is 2.22. The summed E-state index contributed by atoms with van der Waals surface area (Å²) in [6.45, 7) is 0. The van der Waals surface area contributed by atoms with E-state index in [1.807, 2.05) is 16.8 Å². The van der Waals surface area contributed by atoms with Gasteiger partial charge in [0.25, 0.3) is 0 Å². The molecule has 0 aromatic carbocycles. The van der Waals surface area contributed by atoms with Crippen LogP contribution >= 0.6 is 11.3 Å². The van der Waals surface area contributed by atoms with Crippen molar-refractivity contribution in [1.29, 1.82) is 0 Å². The van der Waals surface area contributed by atoms with Crippen molar-refractivity contribution in [2.24, 2.45) is 0 Å². The molecule has 0 aliphatic carbocycles. The minimum Gasteiger partial charge on any atom is -1.00 e. The van der Waals surface area contributed by atoms with Crippen LogP contribution in [-0.4, -0.2) is 0 Å². The highest BCUT2D eigenvalue weighted by atomic mass is 35.5. The molecule has 0 spiro atoms. The van der Waals surface area contributed by atoms with E-state index in [1.54, 1.807) is 11.3 Å². The van der Waals surface area contributed by atoms with Crippen molar-refractivity contribution >= 4 is 24.0 Å². The summed E-state index contributed by atoms with van der Waals surface area (Å²) < 4.78 is 0. The number of thiophene rings is 1. The predicted molar refractivity (Wildman–Crippen MR) is 32.7 cm³/mol. The maximum atomic E-state index is 3.34. The van der Waals surface area contributed by atoms with E-state index in [9.17, 15) is 0 Å². The van der Waals surface area contributed by atoms with Gasteiger partial charge in [0.05, 0.1) is 0 Å². The molecular weight excluding hydrogens is 148 g/mol. The molecule has 3 heteroatoms. The molecule has 0 saturated heterocycles. The average molecular weight is 153 g/mol. The van der Waals surface area contributed by atoms with Gasteiger partial charge in [-0.3, -0.25) is 0 Å². The fraction of sp³-hybridized carbons (Fsp3) is 0. The van der Waals surface area contributed by atoms with Crippen LogP contribution in [0.3, 0.4) is 0 Å². The van der Waals surface area contributed by atoms with Crippen LogP contribution in [0.1, 0.15) is 0 Å². The summed E-state index contributed by atoms with van der Waals surface area (Å²) in [5.41, 5.74) is 0. The maximum Gasteiger partial charge on any atom is 0.160 e. The van der Waals surface area contributed by atoms with Crippen molar-refractivity contribution in [2.45, 2.75) is 4.90 Å². The van der Waals surface area contributed by atoms with Crippen LogP contribution < -0.4 is 12.4 Å². The van der Waals surface area contributed by atoms with Gasteiger partial charge >= 0.3 is 0 Å². The van der Waals surface area contributed by atoms with Crippen LogP contribution in [0.4, 0.5) is 0 Å². The zero-order chi connectivity index (χ0) is 4.41. The van der Waals surface area contributed by atoms with Gasteiger partial charge in [-0.25, -0.2) is 0 Å². The van der Waals surface area contributed by atoms with Crippen LogP contribution in [-0.2, 0) is 12.6 Å². The van der Waals surface area contributed by atoms with E-state index in [1.165, 1.54) is 4.90 Å². The largest absolute Gasteiger partial charge is 1.00 e. The first-order valence-electron chi connectivity index (χ1n) is 1.63. The third-order valence-electron chi connectivity index (χ3n) is 0.521. The Hall–Kier alpha value is 0.340. The van der Waals surface area contributed by atoms with Crippen LogP contribution in [0.15, 0.2) is 21.7 Å². The van der Waals surface area contributed by atoms with Gasteiger partial charge < -0.3 is 12.4 Å². The van der Waals surface area contributed by atoms with Crippen LogP contribution in [0.25, 0.3) is 0 Å². The second kappa shape index (κ2) is 3.36. The molecule has 0 N–H and O–H groups in total. The number of rotatable bonds is 0. The molecule has 0 nitrogen and oxygen atoms in total. The molecule has 0 fully saturated rings. The van der Waals surface area contributed by atoms with Crippen molar-refractivity contribution in [3.05, 3.63) is 16.8 Å². The van der Waals surface area contributed by atoms with Gasteiger partial charge in [0.2, 0.25) is 0 Å². The quantitative estimate of drug-likeness (QED) is 0.382. The van der Waals surface area contributed by atoms with Crippen LogP contribution in [0.2, 0.25) is 0 Å². The van der Waals surface area contributed by atoms with Gasteiger partial charge in [-0.05, 0) is 18.0 Å². The minimum atomic E-state index is 0. The Balaban J connectivity index is 0.000000360. The molecular formula is C4H5ClS2. The summed E-state index contributed by atoms with van der Waals surface area (Å²) in [4.78, 5) is 1.17. The SMILES string of the molecule is [Cl-].[SH2+]c1ccsc1. The van der Waals surface area contributed by atoms with E-state index >= 15 is 0 Å². The number of halogens is 1. The lowest BCUT2D eigenvalue weighted by atomic mass is 10.7. The van der Waals surface area contributed by atoms with Gasteiger partial charge in [-0.2, -0.15) is 0 Å². The van der Waals surface area contributed by atoms with Gasteiger partial charge in [0, 0.05) is 11.4 Å². The monoisotopic (exact) mass is 152 g/mol. The topological polar surface area (TPSA) is 0 Å². The van der Waals surface area contributed by atoms with Gasteiger partial charge in [-0.15, -0.1) is 11.3 Å². The molecule has 0 aliphatic rings. The maximum absolute atomic E-state index is 3.34. The third-order valence-corrected chi connectivity index (χ3v) is 1.72. The van der Waals surface area contributed by atoms with Crippen molar-refractivity contribution in [3.63, 3.8) is 0 Å². The Labute approximate surface area is 58.4 Å². The Morgan fingerprint density at radius 2 is 2.29 bits per heavy atom. The predicted octanol–water partition coefficient (Wildman–Crippen LogP) is -1.88. The van der Waals surface area contributed by atoms with E-state index in [4.69, 9.17) is 0 Å². The molecule has 0 radical (unpaired) electrons. The molecule has 0 unspecified atom stereocenters. The second-order valence-electron chi connectivity index (χ2n) is 1.01. The first kappa shape index (κ1) is 7.34. The highest BCUT2D eigenvalue weighted by Crippen LogP contribution is 2.02. The highest BCUT2D eigenvalue weighted by molar-refractivity contribution is 7.59. The molecule has 0 aliphatic heterocycles. The summed E-state index contributed by atoms with van der Waals surface area (Å²) in [6, 6.07) is 2.02. The zero-order valence-electron chi connectivity index (χ0n) is 3.52. The summed E-state index contributed by atoms with van der Waals surface area (Å²) >= 11 is 5.03. The summed E-state index contributed by atoms with van der Waals surface area (Å²) in [5.74, 6) is 0. The molecule has 1 heterocycles. The lowest BCUT2D eigenvalue weighted by molar-refractivity contribution is -0.00000105. The number of hydrogen-bond acceptors (Lipinski definition) is 1. The smallest absolute Gasteiger partial charge is 0.160 e. The molecule has 0 atom stereocenters. The summed E-state index contributed by atoms with van der Waals surface area (Å²) in [7, 11) is 0. The Bertz CT molecular complexity index is 113. The molecule has 0 bridgehead atoms. The van der Waals surface area contributed by atoms with Crippen molar-refractivity contribution in [2.75, 3.05) is 0 Å². The van der Waals surface area contributed by atoms with Crippen LogP contribution in [0, 0.1) is 0 Å². The Kier molecular flexibility index (Phi) is 3.52. The first-order chi connectivity index (χ1) is 2.89. The second-order valence-corrected chi connectivity index (χ2v) is 2.37. The molecule has 0 saturated carbocycles. The van der Waals surface area contributed by atoms with E-state index in [-0.39, 0.29) is 12.4 Å². The van der Waals surface area contributed by atoms with Crippen molar-refractivity contribution in [3.8, 4) is 0 Å². The zero-order valence-corrected chi connectivity index (χ0v) is 6.09. The molecule has 1 aromatic heterocycles. The van der Waals surface area contributed by atoms with Crippen molar-refractivity contribution in [1.82, 2.24) is 0 Å². The molecule has 1 rings (SSSR count). The first-order valence-corrected chi connectivity index (χ1v) is 3.07. The van der Waals surface area contributed by atoms with E-state index in [2.05, 4.69) is 12.6 Å². The van der Waals surface area contributed by atoms with E-state index in [0.29, 0.717) is 0 Å². The lowest BCUT2D eigenvalue weighted by Gasteiger charge is -1.54. The summed E-state index contributed by atoms with van der Waals surface area (Å²) in [5, 5.41) is 4.07.